The fourth-order valence-electron chi connectivity index (χ4n) is 2.11. The molecule has 3 amide bonds. The molecule has 29 heavy (non-hydrogen) atoms. The van der Waals surface area contributed by atoms with E-state index in [0.717, 1.165) is 0 Å². The fraction of sp³-hybridized carbons (Fsp3) is 0.789. The second-order valence-corrected chi connectivity index (χ2v) is 8.61. The minimum absolute atomic E-state index is 0.0882. The Kier molecular flexibility index (Phi) is 11.1. The largest absolute Gasteiger partial charge is 0.481 e. The predicted molar refractivity (Wildman–Crippen MR) is 107 cm³/mol. The number of nitrogens with one attached hydrogen (secondary N) is 3. The Bertz CT molecular complexity index is 565. The second kappa shape index (κ2) is 12.1. The third-order valence-corrected chi connectivity index (χ3v) is 3.23. The van der Waals surface area contributed by atoms with E-state index < -0.39 is 35.4 Å². The summed E-state index contributed by atoms with van der Waals surface area (Å²) < 4.78 is 10.4. The summed E-state index contributed by atoms with van der Waals surface area (Å²) in [6.07, 6.45) is -0.568. The smallest absolute Gasteiger partial charge is 0.407 e. The number of hydrogen-bond donors (Lipinski definition) is 4. The van der Waals surface area contributed by atoms with E-state index in [4.69, 9.17) is 14.6 Å². The van der Waals surface area contributed by atoms with E-state index in [1.807, 2.05) is 0 Å². The van der Waals surface area contributed by atoms with Gasteiger partial charge in [-0.05, 0) is 54.4 Å². The van der Waals surface area contributed by atoms with Crippen molar-refractivity contribution < 1.29 is 33.8 Å². The first-order chi connectivity index (χ1) is 13.2. The van der Waals surface area contributed by atoms with Gasteiger partial charge in [0, 0.05) is 25.6 Å². The van der Waals surface area contributed by atoms with Gasteiger partial charge in [0.05, 0.1) is 6.42 Å². The SMILES string of the molecule is CC(C)(C)OC(=O)NC[C@H](CCCNC(=O)CCC(=O)O)NC(=O)OC(C)(C)C. The molecule has 0 aromatic heterocycles. The van der Waals surface area contributed by atoms with Crippen LogP contribution in [-0.2, 0) is 19.1 Å². The molecule has 0 aromatic carbocycles. The quantitative estimate of drug-likeness (QED) is 0.399. The van der Waals surface area contributed by atoms with Gasteiger partial charge in [-0.2, -0.15) is 0 Å². The second-order valence-electron chi connectivity index (χ2n) is 8.61. The predicted octanol–water partition coefficient (Wildman–Crippen LogP) is 2.17. The van der Waals surface area contributed by atoms with E-state index in [-0.39, 0.29) is 25.3 Å². The summed E-state index contributed by atoms with van der Waals surface area (Å²) in [5, 5.41) is 16.5. The van der Waals surface area contributed by atoms with Crippen LogP contribution in [0.2, 0.25) is 0 Å². The van der Waals surface area contributed by atoms with Crippen molar-refractivity contribution in [1.82, 2.24) is 16.0 Å². The zero-order valence-electron chi connectivity index (χ0n) is 18.2. The number of aliphatic carboxylic acids is 1. The average Bonchev–Trinajstić information content (AvgIpc) is 2.50. The molecule has 0 fully saturated rings. The molecule has 0 spiro atoms. The maximum absolute atomic E-state index is 12.0. The maximum atomic E-state index is 12.0. The first-order valence-electron chi connectivity index (χ1n) is 9.63. The average molecular weight is 418 g/mol. The van der Waals surface area contributed by atoms with Gasteiger partial charge in [-0.1, -0.05) is 0 Å². The van der Waals surface area contributed by atoms with Crippen molar-refractivity contribution in [3.63, 3.8) is 0 Å². The molecule has 0 unspecified atom stereocenters. The first kappa shape index (κ1) is 26.5. The molecular formula is C19H35N3O7. The van der Waals surface area contributed by atoms with Gasteiger partial charge in [-0.3, -0.25) is 9.59 Å². The molecular weight excluding hydrogens is 382 g/mol. The summed E-state index contributed by atoms with van der Waals surface area (Å²) in [7, 11) is 0. The Hall–Kier alpha value is -2.52. The molecule has 4 N–H and O–H groups in total. The summed E-state index contributed by atoms with van der Waals surface area (Å²) in [6.45, 7) is 10.9. The van der Waals surface area contributed by atoms with Gasteiger partial charge < -0.3 is 30.5 Å². The number of carboxylic acid groups (broad SMARTS) is 1. The molecule has 0 aliphatic rings. The summed E-state index contributed by atoms with van der Waals surface area (Å²) in [4.78, 5) is 45.9. The molecule has 0 bridgehead atoms. The van der Waals surface area contributed by atoms with Crippen LogP contribution in [-0.4, -0.2) is 59.5 Å². The minimum atomic E-state index is -1.03. The Labute approximate surface area is 172 Å². The topological polar surface area (TPSA) is 143 Å². The van der Waals surface area contributed by atoms with Crippen molar-refractivity contribution in [1.29, 1.82) is 0 Å². The van der Waals surface area contributed by atoms with Crippen LogP contribution >= 0.6 is 0 Å². The molecule has 10 nitrogen and oxygen atoms in total. The van der Waals surface area contributed by atoms with Crippen LogP contribution < -0.4 is 16.0 Å². The van der Waals surface area contributed by atoms with E-state index in [1.165, 1.54) is 0 Å². The molecule has 0 aromatic rings. The third-order valence-electron chi connectivity index (χ3n) is 3.23. The lowest BCUT2D eigenvalue weighted by molar-refractivity contribution is -0.138. The zero-order chi connectivity index (χ0) is 22.7. The van der Waals surface area contributed by atoms with Crippen molar-refractivity contribution >= 4 is 24.1 Å². The molecule has 0 aliphatic carbocycles. The number of hydrogen-bond acceptors (Lipinski definition) is 6. The lowest BCUT2D eigenvalue weighted by Gasteiger charge is -2.25. The molecule has 10 heteroatoms. The van der Waals surface area contributed by atoms with E-state index in [2.05, 4.69) is 16.0 Å². The van der Waals surface area contributed by atoms with Crippen molar-refractivity contribution in [2.75, 3.05) is 13.1 Å². The Morgan fingerprint density at radius 1 is 0.862 bits per heavy atom. The van der Waals surface area contributed by atoms with Gasteiger partial charge in [-0.15, -0.1) is 0 Å². The molecule has 0 heterocycles. The van der Waals surface area contributed by atoms with Gasteiger partial charge in [0.1, 0.15) is 11.2 Å². The lowest BCUT2D eigenvalue weighted by Crippen LogP contribution is -2.46. The number of rotatable bonds is 10. The minimum Gasteiger partial charge on any atom is -0.481 e. The number of carbonyl (C=O) groups excluding carboxylic acids is 3. The summed E-state index contributed by atoms with van der Waals surface area (Å²) >= 11 is 0. The highest BCUT2D eigenvalue weighted by Gasteiger charge is 2.21. The van der Waals surface area contributed by atoms with E-state index in [0.29, 0.717) is 19.4 Å². The van der Waals surface area contributed by atoms with Crippen LogP contribution in [0.25, 0.3) is 0 Å². The first-order valence-corrected chi connectivity index (χ1v) is 9.63. The van der Waals surface area contributed by atoms with E-state index in [1.54, 1.807) is 41.5 Å². The molecule has 0 saturated carbocycles. The highest BCUT2D eigenvalue weighted by Crippen LogP contribution is 2.08. The highest BCUT2D eigenvalue weighted by molar-refractivity contribution is 5.80. The van der Waals surface area contributed by atoms with E-state index in [9.17, 15) is 19.2 Å². The van der Waals surface area contributed by atoms with Crippen molar-refractivity contribution in [2.45, 2.75) is 84.5 Å². The van der Waals surface area contributed by atoms with Crippen molar-refractivity contribution in [2.24, 2.45) is 0 Å². The zero-order valence-corrected chi connectivity index (χ0v) is 18.2. The van der Waals surface area contributed by atoms with Crippen molar-refractivity contribution in [3.05, 3.63) is 0 Å². The number of carboxylic acids is 1. The van der Waals surface area contributed by atoms with Crippen LogP contribution in [0.3, 0.4) is 0 Å². The Morgan fingerprint density at radius 2 is 1.41 bits per heavy atom. The van der Waals surface area contributed by atoms with Crippen LogP contribution in [0.1, 0.15) is 67.2 Å². The maximum Gasteiger partial charge on any atom is 0.407 e. The molecule has 0 aliphatic heterocycles. The standard InChI is InChI=1S/C19H35N3O7/c1-18(2,3)28-16(26)21-12-13(22-17(27)29-19(4,5)6)8-7-11-20-14(23)9-10-15(24)25/h13H,7-12H2,1-6H3,(H,20,23)(H,21,26)(H,22,27)(H,24,25)/t13-/m0/s1. The molecule has 168 valence electrons. The van der Waals surface area contributed by atoms with Crippen LogP contribution in [0.15, 0.2) is 0 Å². The number of ether oxygens (including phenoxy) is 2. The number of amides is 3. The fourth-order valence-corrected chi connectivity index (χ4v) is 2.11. The molecule has 1 atom stereocenters. The van der Waals surface area contributed by atoms with Gasteiger partial charge >= 0.3 is 18.2 Å². The Balaban J connectivity index is 4.55. The van der Waals surface area contributed by atoms with Gasteiger partial charge in [0.25, 0.3) is 0 Å². The van der Waals surface area contributed by atoms with Gasteiger partial charge in [-0.25, -0.2) is 9.59 Å². The van der Waals surface area contributed by atoms with Gasteiger partial charge in [0.15, 0.2) is 0 Å². The molecule has 0 saturated heterocycles. The van der Waals surface area contributed by atoms with Crippen LogP contribution in [0.5, 0.6) is 0 Å². The monoisotopic (exact) mass is 417 g/mol. The van der Waals surface area contributed by atoms with E-state index >= 15 is 0 Å². The summed E-state index contributed by atoms with van der Waals surface area (Å²) in [6, 6.07) is -0.437. The summed E-state index contributed by atoms with van der Waals surface area (Å²) in [5.41, 5.74) is -1.30. The lowest BCUT2D eigenvalue weighted by atomic mass is 10.1. The molecule has 0 radical (unpaired) electrons. The Morgan fingerprint density at radius 3 is 1.93 bits per heavy atom. The van der Waals surface area contributed by atoms with Crippen molar-refractivity contribution in [3.8, 4) is 0 Å². The molecule has 0 rings (SSSR count). The summed E-state index contributed by atoms with van der Waals surface area (Å²) in [5.74, 6) is -1.38. The number of alkyl carbamates (subject to hydrolysis) is 2. The van der Waals surface area contributed by atoms with Crippen LogP contribution in [0.4, 0.5) is 9.59 Å². The van der Waals surface area contributed by atoms with Crippen LogP contribution in [0, 0.1) is 0 Å². The number of carbonyl (C=O) groups is 4. The van der Waals surface area contributed by atoms with Gasteiger partial charge in [0.2, 0.25) is 5.91 Å². The normalized spacial score (nSPS) is 12.5. The third kappa shape index (κ3) is 17.3. The highest BCUT2D eigenvalue weighted by atomic mass is 16.6.